The number of rotatable bonds is 10. The van der Waals surface area contributed by atoms with Crippen LogP contribution in [0.2, 0.25) is 0 Å². The van der Waals surface area contributed by atoms with Crippen LogP contribution in [0.25, 0.3) is 10.9 Å². The SMILES string of the molecule is CCOC(=O)Cn1nnnc1[C@H](CC)N(Cc1ccc(C)cc1)Cc1cc2cc3c(cc2[nH]c1=O)OCCO3. The molecule has 1 N–H and O–H groups in total. The Balaban J connectivity index is 1.51. The van der Waals surface area contributed by atoms with Gasteiger partial charge in [-0.2, -0.15) is 0 Å². The summed E-state index contributed by atoms with van der Waals surface area (Å²) in [6, 6.07) is 13.6. The van der Waals surface area contributed by atoms with Crippen molar-refractivity contribution in [1.82, 2.24) is 30.1 Å². The minimum atomic E-state index is -0.411. The third kappa shape index (κ3) is 5.93. The molecule has 4 aromatic rings. The molecule has 0 bridgehead atoms. The molecule has 2 aromatic carbocycles. The van der Waals surface area contributed by atoms with E-state index in [1.807, 2.05) is 26.0 Å². The quantitative estimate of drug-likeness (QED) is 0.306. The number of ether oxygens (including phenoxy) is 3. The number of H-pyrrole nitrogens is 1. The summed E-state index contributed by atoms with van der Waals surface area (Å²) in [6.07, 6.45) is 0.652. The zero-order chi connectivity index (χ0) is 27.4. The van der Waals surface area contributed by atoms with Crippen LogP contribution >= 0.6 is 0 Å². The largest absolute Gasteiger partial charge is 0.486 e. The van der Waals surface area contributed by atoms with Gasteiger partial charge in [0.25, 0.3) is 5.56 Å². The van der Waals surface area contributed by atoms with Crippen LogP contribution in [0.4, 0.5) is 0 Å². The highest BCUT2D eigenvalue weighted by molar-refractivity contribution is 5.83. The van der Waals surface area contributed by atoms with Crippen LogP contribution in [0.15, 0.2) is 47.3 Å². The van der Waals surface area contributed by atoms with Crippen molar-refractivity contribution < 1.29 is 19.0 Å². The number of aryl methyl sites for hydroxylation is 1. The third-order valence-corrected chi connectivity index (χ3v) is 6.73. The fourth-order valence-electron chi connectivity index (χ4n) is 4.82. The van der Waals surface area contributed by atoms with Gasteiger partial charge in [0, 0.05) is 30.1 Å². The number of aromatic nitrogens is 5. The van der Waals surface area contributed by atoms with E-state index in [1.54, 1.807) is 13.0 Å². The van der Waals surface area contributed by atoms with Gasteiger partial charge in [0.05, 0.1) is 18.2 Å². The summed E-state index contributed by atoms with van der Waals surface area (Å²) in [7, 11) is 0. The van der Waals surface area contributed by atoms with Crippen LogP contribution in [-0.4, -0.2) is 55.9 Å². The van der Waals surface area contributed by atoms with Crippen LogP contribution in [0.3, 0.4) is 0 Å². The lowest BCUT2D eigenvalue weighted by atomic mass is 10.1. The van der Waals surface area contributed by atoms with Crippen molar-refractivity contribution in [2.24, 2.45) is 0 Å². The Hall–Kier alpha value is -4.25. The predicted molar refractivity (Wildman–Crippen MR) is 143 cm³/mol. The van der Waals surface area contributed by atoms with Gasteiger partial charge in [-0.1, -0.05) is 36.8 Å². The zero-order valence-corrected chi connectivity index (χ0v) is 22.3. The summed E-state index contributed by atoms with van der Waals surface area (Å²) < 4.78 is 18.0. The molecule has 0 saturated carbocycles. The number of aromatic amines is 1. The zero-order valence-electron chi connectivity index (χ0n) is 22.3. The molecule has 39 heavy (non-hydrogen) atoms. The second-order valence-corrected chi connectivity index (χ2v) is 9.52. The molecule has 0 aliphatic carbocycles. The van der Waals surface area contributed by atoms with Gasteiger partial charge in [0.1, 0.15) is 19.8 Å². The van der Waals surface area contributed by atoms with Gasteiger partial charge in [0.15, 0.2) is 17.3 Å². The van der Waals surface area contributed by atoms with E-state index in [-0.39, 0.29) is 24.8 Å². The first-order chi connectivity index (χ1) is 18.9. The van der Waals surface area contributed by atoms with E-state index >= 15 is 0 Å². The minimum Gasteiger partial charge on any atom is -0.486 e. The summed E-state index contributed by atoms with van der Waals surface area (Å²) in [5, 5.41) is 13.0. The number of carbonyl (C=O) groups is 1. The predicted octanol–water partition coefficient (Wildman–Crippen LogP) is 3.31. The number of nitrogens with zero attached hydrogens (tertiary/aromatic N) is 5. The molecule has 1 aliphatic heterocycles. The number of nitrogens with one attached hydrogen (secondary N) is 1. The molecule has 0 saturated heterocycles. The first kappa shape index (κ1) is 26.4. The number of hydrogen-bond acceptors (Lipinski definition) is 9. The Kier molecular flexibility index (Phi) is 7.87. The summed E-state index contributed by atoms with van der Waals surface area (Å²) >= 11 is 0. The minimum absolute atomic E-state index is 0.0885. The van der Waals surface area contributed by atoms with Gasteiger partial charge in [-0.25, -0.2) is 4.68 Å². The highest BCUT2D eigenvalue weighted by atomic mass is 16.6. The Morgan fingerprint density at radius 3 is 2.56 bits per heavy atom. The molecule has 5 rings (SSSR count). The molecule has 2 aromatic heterocycles. The number of pyridine rings is 1. The van der Waals surface area contributed by atoms with Gasteiger partial charge in [-0.3, -0.25) is 14.5 Å². The standard InChI is InChI=1S/C28H32N6O5/c1-4-23(27-30-31-32-34(27)17-26(35)37-5-2)33(15-19-8-6-18(3)7-9-19)16-21-12-20-13-24-25(39-11-10-38-24)14-22(20)29-28(21)36/h6-9,12-14,23H,4-5,10-11,15-17H2,1-3H3,(H,29,36)/t23-/m0/s1. The van der Waals surface area contributed by atoms with Crippen molar-refractivity contribution in [2.75, 3.05) is 19.8 Å². The molecule has 0 amide bonds. The van der Waals surface area contributed by atoms with E-state index in [0.717, 1.165) is 16.5 Å². The highest BCUT2D eigenvalue weighted by Gasteiger charge is 2.27. The van der Waals surface area contributed by atoms with Gasteiger partial charge in [-0.05, 0) is 48.4 Å². The number of carbonyl (C=O) groups excluding carboxylic acids is 1. The van der Waals surface area contributed by atoms with E-state index in [9.17, 15) is 9.59 Å². The first-order valence-corrected chi connectivity index (χ1v) is 13.1. The molecule has 1 atom stereocenters. The van der Waals surface area contributed by atoms with Crippen molar-refractivity contribution in [3.63, 3.8) is 0 Å². The lowest BCUT2D eigenvalue weighted by molar-refractivity contribution is -0.144. The lowest BCUT2D eigenvalue weighted by Crippen LogP contribution is -2.33. The van der Waals surface area contributed by atoms with E-state index in [0.29, 0.717) is 61.1 Å². The lowest BCUT2D eigenvalue weighted by Gasteiger charge is -2.30. The number of fused-ring (bicyclic) bond motifs is 2. The topological polar surface area (TPSA) is 124 Å². The number of benzene rings is 2. The van der Waals surface area contributed by atoms with Crippen molar-refractivity contribution in [3.05, 3.63) is 75.3 Å². The van der Waals surface area contributed by atoms with Gasteiger partial charge in [-0.15, -0.1) is 5.10 Å². The van der Waals surface area contributed by atoms with E-state index in [1.165, 1.54) is 4.68 Å². The van der Waals surface area contributed by atoms with Gasteiger partial charge < -0.3 is 19.2 Å². The number of esters is 1. The fraction of sp³-hybridized carbons (Fsp3) is 0.393. The molecule has 11 heteroatoms. The van der Waals surface area contributed by atoms with Crippen LogP contribution in [0.1, 0.15) is 48.8 Å². The van der Waals surface area contributed by atoms with Gasteiger partial charge >= 0.3 is 5.97 Å². The maximum Gasteiger partial charge on any atom is 0.327 e. The van der Waals surface area contributed by atoms with Crippen LogP contribution in [0, 0.1) is 6.92 Å². The Morgan fingerprint density at radius 2 is 1.85 bits per heavy atom. The van der Waals surface area contributed by atoms with Crippen LogP contribution in [-0.2, 0) is 29.2 Å². The van der Waals surface area contributed by atoms with Crippen LogP contribution in [0.5, 0.6) is 11.5 Å². The fourth-order valence-corrected chi connectivity index (χ4v) is 4.82. The average molecular weight is 533 g/mol. The average Bonchev–Trinajstić information content (AvgIpc) is 3.37. The summed E-state index contributed by atoms with van der Waals surface area (Å²) in [4.78, 5) is 30.6. The smallest absolute Gasteiger partial charge is 0.327 e. The van der Waals surface area contributed by atoms with E-state index in [2.05, 4.69) is 49.7 Å². The second-order valence-electron chi connectivity index (χ2n) is 9.52. The number of hydrogen-bond donors (Lipinski definition) is 1. The molecule has 0 fully saturated rings. The molecule has 0 unspecified atom stereocenters. The summed E-state index contributed by atoms with van der Waals surface area (Å²) in [5.74, 6) is 1.41. The maximum absolute atomic E-state index is 13.3. The molecule has 11 nitrogen and oxygen atoms in total. The summed E-state index contributed by atoms with van der Waals surface area (Å²) in [6.45, 7) is 7.86. The highest BCUT2D eigenvalue weighted by Crippen LogP contribution is 2.34. The van der Waals surface area contributed by atoms with Crippen molar-refractivity contribution >= 4 is 16.9 Å². The Labute approximate surface area is 225 Å². The molecule has 1 aliphatic rings. The Bertz CT molecular complexity index is 1510. The molecular weight excluding hydrogens is 500 g/mol. The van der Waals surface area contributed by atoms with Crippen LogP contribution < -0.4 is 15.0 Å². The number of tetrazole rings is 1. The van der Waals surface area contributed by atoms with E-state index in [4.69, 9.17) is 14.2 Å². The van der Waals surface area contributed by atoms with Crippen molar-refractivity contribution in [1.29, 1.82) is 0 Å². The molecular formula is C28H32N6O5. The van der Waals surface area contributed by atoms with E-state index < -0.39 is 5.97 Å². The molecule has 0 spiro atoms. The molecule has 204 valence electrons. The molecule has 3 heterocycles. The second kappa shape index (κ2) is 11.6. The first-order valence-electron chi connectivity index (χ1n) is 13.1. The molecule has 0 radical (unpaired) electrons. The normalized spacial score (nSPS) is 13.5. The van der Waals surface area contributed by atoms with Crippen molar-refractivity contribution in [3.8, 4) is 11.5 Å². The summed E-state index contributed by atoms with van der Waals surface area (Å²) in [5.41, 5.74) is 3.34. The van der Waals surface area contributed by atoms with Gasteiger partial charge in [0.2, 0.25) is 0 Å². The Morgan fingerprint density at radius 1 is 1.10 bits per heavy atom. The third-order valence-electron chi connectivity index (χ3n) is 6.73. The maximum atomic E-state index is 13.3. The van der Waals surface area contributed by atoms with Crippen molar-refractivity contribution in [2.45, 2.75) is 52.9 Å². The monoisotopic (exact) mass is 532 g/mol.